The van der Waals surface area contributed by atoms with E-state index in [0.717, 1.165) is 23.9 Å². The van der Waals surface area contributed by atoms with Crippen molar-refractivity contribution in [3.8, 4) is 0 Å². The maximum absolute atomic E-state index is 13.4. The summed E-state index contributed by atoms with van der Waals surface area (Å²) in [5.74, 6) is -0.155. The van der Waals surface area contributed by atoms with Gasteiger partial charge in [0.25, 0.3) is 0 Å². The van der Waals surface area contributed by atoms with Crippen molar-refractivity contribution in [2.75, 3.05) is 6.54 Å². The third-order valence-corrected chi connectivity index (χ3v) is 4.74. The van der Waals surface area contributed by atoms with Gasteiger partial charge in [0, 0.05) is 35.7 Å². The number of nitrogens with one attached hydrogen (secondary N) is 1. The Morgan fingerprint density at radius 3 is 2.67 bits per heavy atom. The second-order valence-corrected chi connectivity index (χ2v) is 6.12. The van der Waals surface area contributed by atoms with Crippen molar-refractivity contribution in [1.29, 1.82) is 0 Å². The fourth-order valence-corrected chi connectivity index (χ4v) is 3.52. The summed E-state index contributed by atoms with van der Waals surface area (Å²) in [5.41, 5.74) is 2.26. The molecule has 0 amide bonds. The Bertz CT molecular complexity index is 585. The molecular formula is C17H24ClFN2. The van der Waals surface area contributed by atoms with Crippen LogP contribution in [-0.2, 0) is 6.42 Å². The average Bonchev–Trinajstić information content (AvgIpc) is 2.81. The Hall–Kier alpha value is -1.06. The van der Waals surface area contributed by atoms with Gasteiger partial charge in [-0.25, -0.2) is 4.39 Å². The second kappa shape index (κ2) is 6.80. The monoisotopic (exact) mass is 310 g/mol. The highest BCUT2D eigenvalue weighted by atomic mass is 35.5. The molecule has 1 aliphatic heterocycles. The Balaban J connectivity index is 0.00000161. The van der Waals surface area contributed by atoms with Crippen LogP contribution in [0.15, 0.2) is 24.4 Å². The zero-order chi connectivity index (χ0) is 14.1. The molecule has 0 bridgehead atoms. The molecule has 1 aliphatic rings. The van der Waals surface area contributed by atoms with Crippen molar-refractivity contribution in [3.05, 3.63) is 35.8 Å². The van der Waals surface area contributed by atoms with Gasteiger partial charge >= 0.3 is 0 Å². The van der Waals surface area contributed by atoms with Crippen LogP contribution in [0.3, 0.4) is 0 Å². The van der Waals surface area contributed by atoms with E-state index in [1.54, 1.807) is 6.07 Å². The number of benzene rings is 1. The summed E-state index contributed by atoms with van der Waals surface area (Å²) in [6.45, 7) is 5.71. The molecular weight excluding hydrogens is 287 g/mol. The molecule has 21 heavy (non-hydrogen) atoms. The summed E-state index contributed by atoms with van der Waals surface area (Å²) in [7, 11) is 0. The summed E-state index contributed by atoms with van der Waals surface area (Å²) >= 11 is 0. The number of H-pyrrole nitrogens is 1. The van der Waals surface area contributed by atoms with Gasteiger partial charge in [-0.1, -0.05) is 6.42 Å². The smallest absolute Gasteiger partial charge is 0.123 e. The van der Waals surface area contributed by atoms with Crippen molar-refractivity contribution in [2.45, 2.75) is 51.6 Å². The summed E-state index contributed by atoms with van der Waals surface area (Å²) in [4.78, 5) is 5.84. The zero-order valence-corrected chi connectivity index (χ0v) is 13.5. The number of hydrogen-bond donors (Lipinski definition) is 1. The number of aromatic nitrogens is 1. The number of aromatic amines is 1. The lowest BCUT2D eigenvalue weighted by molar-refractivity contribution is 0.105. The number of fused-ring (bicyclic) bond motifs is 1. The van der Waals surface area contributed by atoms with Crippen LogP contribution in [0.25, 0.3) is 10.9 Å². The van der Waals surface area contributed by atoms with E-state index in [1.807, 2.05) is 12.3 Å². The summed E-state index contributed by atoms with van der Waals surface area (Å²) < 4.78 is 13.4. The van der Waals surface area contributed by atoms with Crippen LogP contribution in [0, 0.1) is 5.82 Å². The molecule has 1 fully saturated rings. The maximum atomic E-state index is 13.4. The van der Waals surface area contributed by atoms with Crippen molar-refractivity contribution >= 4 is 23.3 Å². The first kappa shape index (κ1) is 16.3. The quantitative estimate of drug-likeness (QED) is 0.882. The fraction of sp³-hybridized carbons (Fsp3) is 0.529. The van der Waals surface area contributed by atoms with E-state index in [4.69, 9.17) is 0 Å². The van der Waals surface area contributed by atoms with Gasteiger partial charge in [0.1, 0.15) is 5.82 Å². The van der Waals surface area contributed by atoms with E-state index in [0.29, 0.717) is 12.1 Å². The van der Waals surface area contributed by atoms with Gasteiger partial charge in [0.2, 0.25) is 0 Å². The van der Waals surface area contributed by atoms with Gasteiger partial charge < -0.3 is 4.98 Å². The molecule has 2 nitrogen and oxygen atoms in total. The molecule has 0 saturated carbocycles. The number of rotatable bonds is 3. The van der Waals surface area contributed by atoms with Crippen LogP contribution in [0.5, 0.6) is 0 Å². The zero-order valence-electron chi connectivity index (χ0n) is 12.7. The minimum absolute atomic E-state index is 0. The predicted octanol–water partition coefficient (Wildman–Crippen LogP) is 4.53. The summed E-state index contributed by atoms with van der Waals surface area (Å²) in [5, 5.41) is 1.03. The standard InChI is InChI=1S/C17H23FN2.ClH/c1-12-4-3-5-13(2)20(12)9-8-14-11-19-17-7-6-15(18)10-16(14)17;/h6-7,10-13,19H,3-5,8-9H2,1-2H3;1H. The summed E-state index contributed by atoms with van der Waals surface area (Å²) in [6.07, 6.45) is 6.96. The minimum atomic E-state index is -0.155. The third-order valence-electron chi connectivity index (χ3n) is 4.74. The molecule has 0 spiro atoms. The van der Waals surface area contributed by atoms with Crippen LogP contribution in [0.4, 0.5) is 4.39 Å². The molecule has 116 valence electrons. The topological polar surface area (TPSA) is 19.0 Å². The van der Waals surface area contributed by atoms with E-state index in [2.05, 4.69) is 23.7 Å². The molecule has 3 rings (SSSR count). The van der Waals surface area contributed by atoms with Crippen molar-refractivity contribution in [1.82, 2.24) is 9.88 Å². The minimum Gasteiger partial charge on any atom is -0.361 e. The van der Waals surface area contributed by atoms with Gasteiger partial charge in [-0.15, -0.1) is 12.4 Å². The number of piperidine rings is 1. The predicted molar refractivity (Wildman–Crippen MR) is 88.7 cm³/mol. The number of nitrogens with zero attached hydrogens (tertiary/aromatic N) is 1. The van der Waals surface area contributed by atoms with Gasteiger partial charge in [-0.05, 0) is 56.9 Å². The largest absolute Gasteiger partial charge is 0.361 e. The Morgan fingerprint density at radius 1 is 1.24 bits per heavy atom. The molecule has 0 aliphatic carbocycles. The van der Waals surface area contributed by atoms with Gasteiger partial charge in [0.05, 0.1) is 0 Å². The van der Waals surface area contributed by atoms with Gasteiger partial charge in [-0.2, -0.15) is 0 Å². The van der Waals surface area contributed by atoms with Crippen molar-refractivity contribution < 1.29 is 4.39 Å². The first-order valence-electron chi connectivity index (χ1n) is 7.66. The van der Waals surface area contributed by atoms with E-state index in [1.165, 1.54) is 30.9 Å². The second-order valence-electron chi connectivity index (χ2n) is 6.12. The van der Waals surface area contributed by atoms with E-state index in [-0.39, 0.29) is 18.2 Å². The van der Waals surface area contributed by atoms with Crippen molar-refractivity contribution in [2.24, 2.45) is 0 Å². The molecule has 2 unspecified atom stereocenters. The van der Waals surface area contributed by atoms with E-state index >= 15 is 0 Å². The van der Waals surface area contributed by atoms with Crippen LogP contribution in [-0.4, -0.2) is 28.5 Å². The first-order valence-corrected chi connectivity index (χ1v) is 7.66. The van der Waals surface area contributed by atoms with Crippen LogP contribution in [0.1, 0.15) is 38.7 Å². The number of likely N-dealkylation sites (tertiary alicyclic amines) is 1. The van der Waals surface area contributed by atoms with E-state index < -0.39 is 0 Å². The molecule has 2 atom stereocenters. The molecule has 1 N–H and O–H groups in total. The Kier molecular flexibility index (Phi) is 5.28. The lowest BCUT2D eigenvalue weighted by Gasteiger charge is -2.39. The van der Waals surface area contributed by atoms with Crippen LogP contribution in [0.2, 0.25) is 0 Å². The average molecular weight is 311 g/mol. The molecule has 1 aromatic heterocycles. The highest BCUT2D eigenvalue weighted by Crippen LogP contribution is 2.24. The fourth-order valence-electron chi connectivity index (χ4n) is 3.52. The lowest BCUT2D eigenvalue weighted by atomic mass is 9.97. The molecule has 2 heterocycles. The lowest BCUT2D eigenvalue weighted by Crippen LogP contribution is -2.44. The summed E-state index contributed by atoms with van der Waals surface area (Å²) in [6, 6.07) is 6.31. The molecule has 2 aromatic rings. The van der Waals surface area contributed by atoms with Gasteiger partial charge in [-0.3, -0.25) is 4.90 Å². The highest BCUT2D eigenvalue weighted by molar-refractivity contribution is 5.85. The molecule has 1 aromatic carbocycles. The first-order chi connectivity index (χ1) is 9.65. The van der Waals surface area contributed by atoms with Crippen molar-refractivity contribution in [3.63, 3.8) is 0 Å². The van der Waals surface area contributed by atoms with E-state index in [9.17, 15) is 4.39 Å². The molecule has 1 saturated heterocycles. The molecule has 4 heteroatoms. The Labute approximate surface area is 132 Å². The number of halogens is 2. The van der Waals surface area contributed by atoms with Crippen LogP contribution < -0.4 is 0 Å². The molecule has 0 radical (unpaired) electrons. The SMILES string of the molecule is CC1CCCC(C)N1CCc1c[nH]c2ccc(F)cc12.Cl. The normalized spacial score (nSPS) is 23.2. The number of hydrogen-bond acceptors (Lipinski definition) is 1. The Morgan fingerprint density at radius 2 is 1.95 bits per heavy atom. The van der Waals surface area contributed by atoms with Crippen LogP contribution >= 0.6 is 12.4 Å². The maximum Gasteiger partial charge on any atom is 0.123 e. The third kappa shape index (κ3) is 3.41. The highest BCUT2D eigenvalue weighted by Gasteiger charge is 2.24. The van der Waals surface area contributed by atoms with Gasteiger partial charge in [0.15, 0.2) is 0 Å².